The monoisotopic (exact) mass is 309 g/mol. The lowest BCUT2D eigenvalue weighted by atomic mass is 9.99. The highest BCUT2D eigenvalue weighted by atomic mass is 79.9. The van der Waals surface area contributed by atoms with Crippen LogP contribution in [0.4, 0.5) is 10.2 Å². The Balaban J connectivity index is 2.49. The average Bonchev–Trinajstić information content (AvgIpc) is 2.34. The number of halogens is 2. The maximum absolute atomic E-state index is 13.1. The SMILES string of the molecule is CNC(c1ccc(F)cc1Br)c1cccnc1N. The molecule has 1 aromatic heterocycles. The minimum atomic E-state index is -0.278. The molecule has 0 aliphatic carbocycles. The summed E-state index contributed by atoms with van der Waals surface area (Å²) in [5, 5.41) is 3.16. The van der Waals surface area contributed by atoms with Crippen molar-refractivity contribution in [2.45, 2.75) is 6.04 Å². The molecular formula is C13H13BrFN3. The van der Waals surface area contributed by atoms with Gasteiger partial charge in [0.1, 0.15) is 11.6 Å². The molecule has 3 nitrogen and oxygen atoms in total. The Morgan fingerprint density at radius 2 is 2.11 bits per heavy atom. The van der Waals surface area contributed by atoms with E-state index in [-0.39, 0.29) is 11.9 Å². The van der Waals surface area contributed by atoms with E-state index >= 15 is 0 Å². The Kier molecular flexibility index (Phi) is 3.93. The third-order valence-corrected chi connectivity index (χ3v) is 3.43. The van der Waals surface area contributed by atoms with Gasteiger partial charge in [0.05, 0.1) is 6.04 Å². The van der Waals surface area contributed by atoms with E-state index in [0.29, 0.717) is 10.3 Å². The molecule has 18 heavy (non-hydrogen) atoms. The fourth-order valence-corrected chi connectivity index (χ4v) is 2.47. The number of hydrogen-bond acceptors (Lipinski definition) is 3. The highest BCUT2D eigenvalue weighted by molar-refractivity contribution is 9.10. The lowest BCUT2D eigenvalue weighted by molar-refractivity contribution is 0.621. The molecule has 1 unspecified atom stereocenters. The summed E-state index contributed by atoms with van der Waals surface area (Å²) in [6.45, 7) is 0. The number of anilines is 1. The van der Waals surface area contributed by atoms with Crippen molar-refractivity contribution in [1.82, 2.24) is 10.3 Å². The second-order valence-corrected chi connectivity index (χ2v) is 4.72. The summed E-state index contributed by atoms with van der Waals surface area (Å²) >= 11 is 3.37. The van der Waals surface area contributed by atoms with E-state index < -0.39 is 0 Å². The van der Waals surface area contributed by atoms with Crippen molar-refractivity contribution in [3.63, 3.8) is 0 Å². The number of aromatic nitrogens is 1. The Hall–Kier alpha value is -1.46. The maximum atomic E-state index is 13.1. The summed E-state index contributed by atoms with van der Waals surface area (Å²) in [5.74, 6) is 0.188. The third-order valence-electron chi connectivity index (χ3n) is 2.74. The third kappa shape index (κ3) is 2.52. The molecule has 0 saturated heterocycles. The number of hydrogen-bond donors (Lipinski definition) is 2. The zero-order valence-electron chi connectivity index (χ0n) is 9.82. The first kappa shape index (κ1) is 13.0. The molecule has 0 saturated carbocycles. The van der Waals surface area contributed by atoms with Gasteiger partial charge >= 0.3 is 0 Å². The molecule has 1 heterocycles. The lowest BCUT2D eigenvalue weighted by Crippen LogP contribution is -2.20. The molecule has 0 aliphatic rings. The van der Waals surface area contributed by atoms with Gasteiger partial charge in [-0.05, 0) is 30.8 Å². The predicted molar refractivity (Wildman–Crippen MR) is 73.7 cm³/mol. The van der Waals surface area contributed by atoms with Crippen LogP contribution in [-0.4, -0.2) is 12.0 Å². The number of nitrogen functional groups attached to an aromatic ring is 1. The largest absolute Gasteiger partial charge is 0.383 e. The summed E-state index contributed by atoms with van der Waals surface area (Å²) < 4.78 is 13.8. The molecule has 0 spiro atoms. The molecule has 94 valence electrons. The molecule has 0 bridgehead atoms. The van der Waals surface area contributed by atoms with Crippen LogP contribution in [0.2, 0.25) is 0 Å². The Labute approximate surface area is 113 Å². The second kappa shape index (κ2) is 5.46. The van der Waals surface area contributed by atoms with Crippen LogP contribution in [0.1, 0.15) is 17.2 Å². The lowest BCUT2D eigenvalue weighted by Gasteiger charge is -2.19. The number of rotatable bonds is 3. The van der Waals surface area contributed by atoms with Gasteiger partial charge in [-0.2, -0.15) is 0 Å². The minimum Gasteiger partial charge on any atom is -0.383 e. The van der Waals surface area contributed by atoms with E-state index in [1.54, 1.807) is 12.3 Å². The first-order valence-electron chi connectivity index (χ1n) is 5.46. The maximum Gasteiger partial charge on any atom is 0.128 e. The number of benzene rings is 1. The van der Waals surface area contributed by atoms with Crippen LogP contribution in [0.15, 0.2) is 41.0 Å². The van der Waals surface area contributed by atoms with Crippen molar-refractivity contribution in [2.75, 3.05) is 12.8 Å². The van der Waals surface area contributed by atoms with E-state index in [1.807, 2.05) is 19.2 Å². The highest BCUT2D eigenvalue weighted by Crippen LogP contribution is 2.30. The molecule has 2 aromatic rings. The van der Waals surface area contributed by atoms with Crippen LogP contribution >= 0.6 is 15.9 Å². The van der Waals surface area contributed by atoms with E-state index in [2.05, 4.69) is 26.2 Å². The predicted octanol–water partition coefficient (Wildman–Crippen LogP) is 2.87. The molecule has 0 radical (unpaired) electrons. The zero-order valence-corrected chi connectivity index (χ0v) is 11.4. The second-order valence-electron chi connectivity index (χ2n) is 3.87. The van der Waals surface area contributed by atoms with Crippen LogP contribution in [0.5, 0.6) is 0 Å². The Morgan fingerprint density at radius 1 is 1.33 bits per heavy atom. The molecule has 0 amide bonds. The first-order valence-corrected chi connectivity index (χ1v) is 6.25. The molecule has 2 rings (SSSR count). The van der Waals surface area contributed by atoms with Gasteiger partial charge in [-0.15, -0.1) is 0 Å². The fraction of sp³-hybridized carbons (Fsp3) is 0.154. The summed E-state index contributed by atoms with van der Waals surface area (Å²) in [5.41, 5.74) is 7.66. The van der Waals surface area contributed by atoms with E-state index in [0.717, 1.165) is 11.1 Å². The normalized spacial score (nSPS) is 12.4. The summed E-state index contributed by atoms with van der Waals surface area (Å²) in [7, 11) is 1.83. The summed E-state index contributed by atoms with van der Waals surface area (Å²) in [6, 6.07) is 8.19. The van der Waals surface area contributed by atoms with Gasteiger partial charge in [0.25, 0.3) is 0 Å². The number of nitrogens with zero attached hydrogens (tertiary/aromatic N) is 1. The first-order chi connectivity index (χ1) is 8.63. The highest BCUT2D eigenvalue weighted by Gasteiger charge is 2.17. The molecule has 5 heteroatoms. The molecule has 3 N–H and O–H groups in total. The smallest absolute Gasteiger partial charge is 0.128 e. The van der Waals surface area contributed by atoms with Crippen molar-refractivity contribution in [1.29, 1.82) is 0 Å². The van der Waals surface area contributed by atoms with Gasteiger partial charge in [0.15, 0.2) is 0 Å². The fourth-order valence-electron chi connectivity index (χ4n) is 1.89. The van der Waals surface area contributed by atoms with Crippen LogP contribution in [0, 0.1) is 5.82 Å². The molecule has 0 fully saturated rings. The number of nitrogens with one attached hydrogen (secondary N) is 1. The van der Waals surface area contributed by atoms with E-state index in [1.165, 1.54) is 12.1 Å². The van der Waals surface area contributed by atoms with Crippen molar-refractivity contribution in [3.8, 4) is 0 Å². The number of nitrogens with two attached hydrogens (primary N) is 1. The van der Waals surface area contributed by atoms with Gasteiger partial charge in [0, 0.05) is 16.2 Å². The minimum absolute atomic E-state index is 0.131. The summed E-state index contributed by atoms with van der Waals surface area (Å²) in [4.78, 5) is 4.07. The molecular weight excluding hydrogens is 297 g/mol. The van der Waals surface area contributed by atoms with Crippen LogP contribution in [-0.2, 0) is 0 Å². The molecule has 1 aromatic carbocycles. The van der Waals surface area contributed by atoms with Crippen LogP contribution < -0.4 is 11.1 Å². The average molecular weight is 310 g/mol. The van der Waals surface area contributed by atoms with Gasteiger partial charge in [-0.25, -0.2) is 9.37 Å². The number of pyridine rings is 1. The van der Waals surface area contributed by atoms with Gasteiger partial charge in [-0.1, -0.05) is 28.1 Å². The summed E-state index contributed by atoms with van der Waals surface area (Å²) in [6.07, 6.45) is 1.64. The van der Waals surface area contributed by atoms with Gasteiger partial charge < -0.3 is 11.1 Å². The zero-order chi connectivity index (χ0) is 13.1. The topological polar surface area (TPSA) is 50.9 Å². The van der Waals surface area contributed by atoms with Crippen LogP contribution in [0.25, 0.3) is 0 Å². The Bertz CT molecular complexity index is 560. The quantitative estimate of drug-likeness (QED) is 0.916. The standard InChI is InChI=1S/C13H13BrFN3/c1-17-12(10-3-2-6-18-13(10)16)9-5-4-8(15)7-11(9)14/h2-7,12,17H,1H3,(H2,16,18). The van der Waals surface area contributed by atoms with Crippen LogP contribution in [0.3, 0.4) is 0 Å². The molecule has 1 atom stereocenters. The van der Waals surface area contributed by atoms with Crippen molar-refractivity contribution >= 4 is 21.7 Å². The van der Waals surface area contributed by atoms with E-state index in [9.17, 15) is 4.39 Å². The van der Waals surface area contributed by atoms with Gasteiger partial charge in [-0.3, -0.25) is 0 Å². The van der Waals surface area contributed by atoms with E-state index in [4.69, 9.17) is 5.73 Å². The van der Waals surface area contributed by atoms with Crippen molar-refractivity contribution < 1.29 is 4.39 Å². The molecule has 0 aliphatic heterocycles. The van der Waals surface area contributed by atoms with Crippen molar-refractivity contribution in [2.24, 2.45) is 0 Å². The van der Waals surface area contributed by atoms with Crippen molar-refractivity contribution in [3.05, 3.63) is 57.9 Å². The van der Waals surface area contributed by atoms with Gasteiger partial charge in [0.2, 0.25) is 0 Å². The Morgan fingerprint density at radius 3 is 2.72 bits per heavy atom.